The number of anilines is 1. The number of rotatable bonds is 2. The molecule has 0 spiro atoms. The van der Waals surface area contributed by atoms with Crippen LogP contribution >= 0.6 is 12.2 Å². The first-order valence-corrected chi connectivity index (χ1v) is 6.20. The Labute approximate surface area is 110 Å². The Bertz CT molecular complexity index is 577. The lowest BCUT2D eigenvalue weighted by molar-refractivity contribution is -0.123. The number of fused-ring (bicyclic) bond motifs is 1. The molecular formula is C13H12N2O2S. The predicted octanol–water partition coefficient (Wildman–Crippen LogP) is 1.14. The maximum atomic E-state index is 12.0. The van der Waals surface area contributed by atoms with Gasteiger partial charge >= 0.3 is 0 Å². The molecule has 92 valence electrons. The van der Waals surface area contributed by atoms with Crippen molar-refractivity contribution >= 4 is 34.7 Å². The highest BCUT2D eigenvalue weighted by Gasteiger charge is 2.59. The van der Waals surface area contributed by atoms with Crippen LogP contribution in [-0.4, -0.2) is 16.8 Å². The number of hydrogen-bond acceptors (Lipinski definition) is 3. The second-order valence-corrected chi connectivity index (χ2v) is 5.27. The molecule has 4 nitrogen and oxygen atoms in total. The van der Waals surface area contributed by atoms with Crippen LogP contribution in [0.1, 0.15) is 17.5 Å². The van der Waals surface area contributed by atoms with E-state index in [2.05, 4.69) is 0 Å². The average molecular weight is 260 g/mol. The second-order valence-electron chi connectivity index (χ2n) is 4.83. The molecule has 1 aromatic carbocycles. The SMILES string of the molecule is Cc1ccc(C(N)=S)cc1N1C(=O)C2CC2C1=O. The van der Waals surface area contributed by atoms with Crippen LogP contribution in [0.5, 0.6) is 0 Å². The standard InChI is InChI=1S/C13H12N2O2S/c1-6-2-3-7(11(14)18)4-10(6)15-12(16)8-5-9(8)13(15)17/h2-4,8-9H,5H2,1H3,(H2,14,18). The lowest BCUT2D eigenvalue weighted by Crippen LogP contribution is -2.33. The van der Waals surface area contributed by atoms with E-state index in [1.165, 1.54) is 4.90 Å². The van der Waals surface area contributed by atoms with Gasteiger partial charge < -0.3 is 5.73 Å². The topological polar surface area (TPSA) is 63.4 Å². The third-order valence-corrected chi connectivity index (χ3v) is 3.84. The Hall–Kier alpha value is -1.75. The zero-order valence-electron chi connectivity index (χ0n) is 9.84. The summed E-state index contributed by atoms with van der Waals surface area (Å²) in [7, 11) is 0. The number of carbonyl (C=O) groups excluding carboxylic acids is 2. The minimum atomic E-state index is -0.0922. The Kier molecular flexibility index (Phi) is 2.28. The minimum absolute atomic E-state index is 0.0896. The van der Waals surface area contributed by atoms with E-state index in [1.54, 1.807) is 12.1 Å². The molecule has 1 aliphatic carbocycles. The molecule has 2 atom stereocenters. The number of benzene rings is 1. The van der Waals surface area contributed by atoms with Gasteiger partial charge in [-0.05, 0) is 25.0 Å². The fraction of sp³-hybridized carbons (Fsp3) is 0.308. The van der Waals surface area contributed by atoms with Crippen molar-refractivity contribution in [1.82, 2.24) is 0 Å². The van der Waals surface area contributed by atoms with Crippen molar-refractivity contribution in [1.29, 1.82) is 0 Å². The summed E-state index contributed by atoms with van der Waals surface area (Å²) in [5.74, 6) is -0.364. The second kappa shape index (κ2) is 3.62. The molecule has 5 heteroatoms. The number of piperidine rings is 1. The molecule has 2 unspecified atom stereocenters. The Morgan fingerprint density at radius 1 is 1.33 bits per heavy atom. The number of imide groups is 1. The molecule has 18 heavy (non-hydrogen) atoms. The van der Waals surface area contributed by atoms with E-state index in [1.807, 2.05) is 13.0 Å². The quantitative estimate of drug-likeness (QED) is 0.640. The van der Waals surface area contributed by atoms with Gasteiger partial charge in [0.05, 0.1) is 17.5 Å². The van der Waals surface area contributed by atoms with E-state index in [0.29, 0.717) is 17.7 Å². The molecule has 1 aromatic rings. The van der Waals surface area contributed by atoms with Gasteiger partial charge in [-0.25, -0.2) is 4.90 Å². The molecule has 1 heterocycles. The van der Waals surface area contributed by atoms with Crippen molar-refractivity contribution in [3.63, 3.8) is 0 Å². The van der Waals surface area contributed by atoms with Crippen LogP contribution in [0.3, 0.4) is 0 Å². The molecule has 1 saturated heterocycles. The van der Waals surface area contributed by atoms with Crippen LogP contribution in [0, 0.1) is 18.8 Å². The van der Waals surface area contributed by atoms with Gasteiger partial charge in [-0.2, -0.15) is 0 Å². The highest BCUT2D eigenvalue weighted by molar-refractivity contribution is 7.80. The summed E-state index contributed by atoms with van der Waals surface area (Å²) >= 11 is 4.92. The molecule has 0 bridgehead atoms. The number of thiocarbonyl (C=S) groups is 1. The molecule has 0 aromatic heterocycles. The number of aryl methyl sites for hydroxylation is 1. The summed E-state index contributed by atoms with van der Waals surface area (Å²) in [6.45, 7) is 1.86. The molecule has 2 N–H and O–H groups in total. The zero-order chi connectivity index (χ0) is 13.0. The molecule has 2 amide bonds. The first kappa shape index (κ1) is 11.3. The van der Waals surface area contributed by atoms with Crippen LogP contribution in [0.4, 0.5) is 5.69 Å². The summed E-state index contributed by atoms with van der Waals surface area (Å²) in [5, 5.41) is 0. The molecule has 0 radical (unpaired) electrons. The summed E-state index contributed by atoms with van der Waals surface area (Å²) in [6.07, 6.45) is 0.711. The van der Waals surface area contributed by atoms with Crippen molar-refractivity contribution in [2.45, 2.75) is 13.3 Å². The van der Waals surface area contributed by atoms with Crippen molar-refractivity contribution in [2.24, 2.45) is 17.6 Å². The summed E-state index contributed by atoms with van der Waals surface area (Å²) in [5.41, 5.74) is 7.74. The van der Waals surface area contributed by atoms with E-state index in [-0.39, 0.29) is 28.6 Å². The van der Waals surface area contributed by atoms with Crippen LogP contribution in [-0.2, 0) is 9.59 Å². The first-order valence-electron chi connectivity index (χ1n) is 5.79. The van der Waals surface area contributed by atoms with Crippen molar-refractivity contribution < 1.29 is 9.59 Å². The number of hydrogen-bond donors (Lipinski definition) is 1. The van der Waals surface area contributed by atoms with Crippen LogP contribution in [0.15, 0.2) is 18.2 Å². The predicted molar refractivity (Wildman–Crippen MR) is 71.2 cm³/mol. The number of carbonyl (C=O) groups is 2. The van der Waals surface area contributed by atoms with E-state index in [0.717, 1.165) is 5.56 Å². The third-order valence-electron chi connectivity index (χ3n) is 3.60. The molecular weight excluding hydrogens is 248 g/mol. The Balaban J connectivity index is 2.06. The number of amides is 2. The fourth-order valence-corrected chi connectivity index (χ4v) is 2.55. The fourth-order valence-electron chi connectivity index (χ4n) is 2.42. The summed E-state index contributed by atoms with van der Waals surface area (Å²) in [4.78, 5) is 25.6. The Morgan fingerprint density at radius 3 is 2.50 bits per heavy atom. The minimum Gasteiger partial charge on any atom is -0.389 e. The molecule has 2 aliphatic rings. The van der Waals surface area contributed by atoms with Crippen molar-refractivity contribution in [3.8, 4) is 0 Å². The van der Waals surface area contributed by atoms with Crippen LogP contribution in [0.2, 0.25) is 0 Å². The molecule has 1 saturated carbocycles. The highest BCUT2D eigenvalue weighted by Crippen LogP contribution is 2.48. The maximum Gasteiger partial charge on any atom is 0.237 e. The van der Waals surface area contributed by atoms with Gasteiger partial charge in [0.2, 0.25) is 11.8 Å². The van der Waals surface area contributed by atoms with Crippen molar-refractivity contribution in [3.05, 3.63) is 29.3 Å². The first-order chi connectivity index (χ1) is 8.50. The van der Waals surface area contributed by atoms with E-state index in [9.17, 15) is 9.59 Å². The van der Waals surface area contributed by atoms with Gasteiger partial charge in [-0.15, -0.1) is 0 Å². The van der Waals surface area contributed by atoms with Crippen molar-refractivity contribution in [2.75, 3.05) is 4.90 Å². The van der Waals surface area contributed by atoms with Gasteiger partial charge in [0, 0.05) is 5.56 Å². The molecule has 3 rings (SSSR count). The zero-order valence-corrected chi connectivity index (χ0v) is 10.7. The van der Waals surface area contributed by atoms with Crippen LogP contribution in [0.25, 0.3) is 0 Å². The lowest BCUT2D eigenvalue weighted by Gasteiger charge is -2.19. The maximum absolute atomic E-state index is 12.0. The molecule has 2 fully saturated rings. The number of nitrogens with two attached hydrogens (primary N) is 1. The largest absolute Gasteiger partial charge is 0.389 e. The van der Waals surface area contributed by atoms with Crippen LogP contribution < -0.4 is 10.6 Å². The van der Waals surface area contributed by atoms with E-state index < -0.39 is 0 Å². The van der Waals surface area contributed by atoms with Gasteiger partial charge in [-0.3, -0.25) is 9.59 Å². The third kappa shape index (κ3) is 1.47. The van der Waals surface area contributed by atoms with Gasteiger partial charge in [0.15, 0.2) is 0 Å². The smallest absolute Gasteiger partial charge is 0.237 e. The highest BCUT2D eigenvalue weighted by atomic mass is 32.1. The van der Waals surface area contributed by atoms with Gasteiger partial charge in [0.1, 0.15) is 4.99 Å². The molecule has 1 aliphatic heterocycles. The Morgan fingerprint density at radius 2 is 1.94 bits per heavy atom. The normalized spacial score (nSPS) is 25.3. The van der Waals surface area contributed by atoms with Gasteiger partial charge in [0.25, 0.3) is 0 Å². The number of nitrogens with zero attached hydrogens (tertiary/aromatic N) is 1. The van der Waals surface area contributed by atoms with E-state index in [4.69, 9.17) is 18.0 Å². The summed E-state index contributed by atoms with van der Waals surface area (Å²) in [6, 6.07) is 5.35. The monoisotopic (exact) mass is 260 g/mol. The lowest BCUT2D eigenvalue weighted by atomic mass is 10.1. The van der Waals surface area contributed by atoms with Gasteiger partial charge in [-0.1, -0.05) is 24.4 Å². The summed E-state index contributed by atoms with van der Waals surface area (Å²) < 4.78 is 0. The van der Waals surface area contributed by atoms with E-state index >= 15 is 0 Å². The average Bonchev–Trinajstić information content (AvgIpc) is 3.06.